The highest BCUT2D eigenvalue weighted by molar-refractivity contribution is 7.57. The van der Waals surface area contributed by atoms with Gasteiger partial charge < -0.3 is 14.7 Å². The van der Waals surface area contributed by atoms with Crippen LogP contribution in [0, 0.1) is 0 Å². The first-order valence-electron chi connectivity index (χ1n) is 14.2. The molecule has 5 aromatic rings. The maximum Gasteiger partial charge on any atom is 0.331 e. The van der Waals surface area contributed by atoms with Crippen molar-refractivity contribution in [1.29, 1.82) is 0 Å². The van der Waals surface area contributed by atoms with E-state index in [2.05, 4.69) is 21.3 Å². The summed E-state index contributed by atoms with van der Waals surface area (Å²) in [5.74, 6) is 0. The molecule has 0 saturated carbocycles. The Kier molecular flexibility index (Phi) is 17.5. The Bertz CT molecular complexity index is 1680. The van der Waals surface area contributed by atoms with Gasteiger partial charge in [-0.05, 0) is 34.4 Å². The summed E-state index contributed by atoms with van der Waals surface area (Å²) in [6.07, 6.45) is 15.7. The lowest BCUT2D eigenvalue weighted by Crippen LogP contribution is -2.35. The Morgan fingerprint density at radius 1 is 0.521 bits per heavy atom. The van der Waals surface area contributed by atoms with Crippen molar-refractivity contribution in [1.82, 2.24) is 4.98 Å². The van der Waals surface area contributed by atoms with Crippen LogP contribution in [-0.4, -0.2) is 38.7 Å². The summed E-state index contributed by atoms with van der Waals surface area (Å²) in [6.45, 7) is 3.45. The van der Waals surface area contributed by atoms with Gasteiger partial charge in [-0.15, -0.1) is 49.6 Å². The molecule has 10 nitrogen and oxygen atoms in total. The zero-order valence-corrected chi connectivity index (χ0v) is 31.2. The molecule has 0 bridgehead atoms. The molecule has 5 aromatic heterocycles. The smallest absolute Gasteiger partial charge is 0.331 e. The number of pyridine rings is 5. The van der Waals surface area contributed by atoms with Crippen LogP contribution in [-0.2, 0) is 35.3 Å². The van der Waals surface area contributed by atoms with E-state index in [0.29, 0.717) is 19.6 Å². The summed E-state index contributed by atoms with van der Waals surface area (Å²) in [4.78, 5) is 32.6. The van der Waals surface area contributed by atoms with Gasteiger partial charge in [-0.1, -0.05) is 6.07 Å². The van der Waals surface area contributed by atoms with E-state index >= 15 is 0 Å². The minimum Gasteiger partial charge on any atom is -0.344 e. The summed E-state index contributed by atoms with van der Waals surface area (Å²) in [6, 6.07) is 22.2. The van der Waals surface area contributed by atoms with Crippen LogP contribution in [0.3, 0.4) is 0 Å². The lowest BCUT2D eigenvalue weighted by molar-refractivity contribution is -0.692. The Labute approximate surface area is 305 Å². The van der Waals surface area contributed by atoms with Gasteiger partial charge in [0.15, 0.2) is 75.8 Å². The van der Waals surface area contributed by atoms with E-state index in [4.69, 9.17) is 14.8 Å². The van der Waals surface area contributed by atoms with Crippen LogP contribution in [0.4, 0.5) is 0 Å². The van der Waals surface area contributed by atoms with Gasteiger partial charge in [0.1, 0.15) is 17.5 Å². The first-order chi connectivity index (χ1) is 21.0. The number of hydrogen-bond donors (Lipinski definition) is 3. The monoisotopic (exact) mass is 777 g/mol. The van der Waals surface area contributed by atoms with Gasteiger partial charge in [-0.3, -0.25) is 9.13 Å². The number of rotatable bonds is 12. The van der Waals surface area contributed by atoms with Crippen LogP contribution in [0.2, 0.25) is 0 Å². The molecule has 48 heavy (non-hydrogen) atoms. The molecule has 0 aromatic carbocycles. The minimum absolute atomic E-state index is 0. The summed E-state index contributed by atoms with van der Waals surface area (Å²) >= 11 is 0. The second-order valence-corrected chi connectivity index (χ2v) is 15.3. The highest BCUT2D eigenvalue weighted by Crippen LogP contribution is 2.34. The molecule has 1 atom stereocenters. The Morgan fingerprint density at radius 3 is 1.15 bits per heavy atom. The van der Waals surface area contributed by atoms with E-state index in [0.717, 1.165) is 33.6 Å². The Hall–Kier alpha value is -2.75. The topological polar surface area (TPSA) is 123 Å². The molecule has 0 amide bonds. The molecule has 16 heteroatoms. The Morgan fingerprint density at radius 2 is 0.833 bits per heavy atom. The first kappa shape index (κ1) is 43.3. The third kappa shape index (κ3) is 13.6. The fourth-order valence-corrected chi connectivity index (χ4v) is 5.83. The normalized spacial score (nSPS) is 11.9. The highest BCUT2D eigenvalue weighted by Gasteiger charge is 2.17. The van der Waals surface area contributed by atoms with Crippen LogP contribution < -0.4 is 18.3 Å². The quantitative estimate of drug-likeness (QED) is 0.127. The van der Waals surface area contributed by atoms with Gasteiger partial charge in [0.2, 0.25) is 7.37 Å². The second-order valence-electron chi connectivity index (χ2n) is 11.0. The molecule has 0 aliphatic carbocycles. The summed E-state index contributed by atoms with van der Waals surface area (Å²) in [5.41, 5.74) is 6.17. The molecule has 0 saturated heterocycles. The van der Waals surface area contributed by atoms with Crippen molar-refractivity contribution >= 4 is 64.6 Å². The van der Waals surface area contributed by atoms with Crippen molar-refractivity contribution in [2.75, 3.05) is 19.0 Å². The van der Waals surface area contributed by atoms with Crippen molar-refractivity contribution < 1.29 is 42.1 Å². The average Bonchev–Trinajstić information content (AvgIpc) is 3.00. The van der Waals surface area contributed by atoms with Gasteiger partial charge in [0, 0.05) is 55.2 Å². The van der Waals surface area contributed by atoms with Crippen LogP contribution in [0.5, 0.6) is 0 Å². The van der Waals surface area contributed by atoms with E-state index in [1.54, 1.807) is 4.57 Å². The highest BCUT2D eigenvalue weighted by atomic mass is 35.5. The fraction of sp³-hybridized carbons (Fsp3) is 0.219. The number of aromatic nitrogens is 5. The molecule has 0 fully saturated rings. The van der Waals surface area contributed by atoms with Gasteiger partial charge in [-0.25, -0.2) is 14.1 Å². The Balaban J connectivity index is 0.00000288. The van der Waals surface area contributed by atoms with Crippen molar-refractivity contribution in [2.45, 2.75) is 26.2 Å². The summed E-state index contributed by atoms with van der Waals surface area (Å²) < 4.78 is 30.5. The number of hydrogen-bond acceptors (Lipinski definition) is 3. The van der Waals surface area contributed by atoms with E-state index < -0.39 is 15.0 Å². The molecule has 0 aliphatic rings. The predicted octanol–water partition coefficient (Wildman–Crippen LogP) is 4.43. The van der Waals surface area contributed by atoms with Crippen molar-refractivity contribution in [3.8, 4) is 22.3 Å². The van der Waals surface area contributed by atoms with Crippen LogP contribution in [0.15, 0.2) is 116 Å². The number of halogens is 4. The second kappa shape index (κ2) is 19.4. The van der Waals surface area contributed by atoms with Crippen molar-refractivity contribution in [3.63, 3.8) is 0 Å². The molecule has 1 unspecified atom stereocenters. The standard InChI is InChI=1S/C32H34N5O5P2.4ClH/c1-43(38,39)23-21-34-13-5-27(6-14-34)29-9-17-36(18-10-29)25-31-3-2-4-32(33-31)26-37-19-11-30(12-20-37)28-7-15-35(16-8-28)22-24-44(40,41)42;;;;/h2-20H,21-26H2,1H3;4*1H/q+1;;;;/p+3. The molecule has 0 radical (unpaired) electrons. The van der Waals surface area contributed by atoms with E-state index in [-0.39, 0.29) is 68.5 Å². The molecule has 0 aliphatic heterocycles. The van der Waals surface area contributed by atoms with Gasteiger partial charge in [0.25, 0.3) is 0 Å². The van der Waals surface area contributed by atoms with E-state index in [9.17, 15) is 14.0 Å². The van der Waals surface area contributed by atoms with Crippen molar-refractivity contribution in [2.24, 2.45) is 0 Å². The molecular formula is C32H41Cl4N5O5P2+4. The molecule has 5 rings (SSSR count). The molecule has 3 N–H and O–H groups in total. The SMILES string of the molecule is CP(=O)(O)CC[n+]1ccc(-c2cc[n+](Cc3cccc(C[n+]4ccc(-c5cc[n+](CCP(=O)(O)O)cc5)cc4)n3)cc2)cc1.Cl.Cl.Cl.Cl. The zero-order valence-electron chi connectivity index (χ0n) is 26.1. The van der Waals surface area contributed by atoms with E-state index in [1.165, 1.54) is 6.66 Å². The van der Waals surface area contributed by atoms with Gasteiger partial charge in [0.05, 0.1) is 6.16 Å². The first-order valence-corrected chi connectivity index (χ1v) is 18.3. The van der Waals surface area contributed by atoms with Crippen LogP contribution in [0.1, 0.15) is 11.4 Å². The molecule has 5 heterocycles. The predicted molar refractivity (Wildman–Crippen MR) is 193 cm³/mol. The zero-order chi connectivity index (χ0) is 31.2. The third-order valence-electron chi connectivity index (χ3n) is 7.21. The van der Waals surface area contributed by atoms with Crippen LogP contribution >= 0.6 is 64.6 Å². The van der Waals surface area contributed by atoms with Gasteiger partial charge >= 0.3 is 7.60 Å². The maximum absolute atomic E-state index is 11.6. The van der Waals surface area contributed by atoms with Gasteiger partial charge in [-0.2, -0.15) is 9.13 Å². The summed E-state index contributed by atoms with van der Waals surface area (Å²) in [7, 11) is -7.04. The third-order valence-corrected chi connectivity index (χ3v) is 9.02. The average molecular weight is 779 g/mol. The summed E-state index contributed by atoms with van der Waals surface area (Å²) in [5, 5.41) is 0. The van der Waals surface area contributed by atoms with Crippen molar-refractivity contribution in [3.05, 3.63) is 128 Å². The lowest BCUT2D eigenvalue weighted by atomic mass is 10.1. The number of aryl methyl sites for hydroxylation is 2. The lowest BCUT2D eigenvalue weighted by Gasteiger charge is -2.04. The van der Waals surface area contributed by atoms with E-state index in [1.807, 2.05) is 109 Å². The minimum atomic E-state index is -4.02. The molecule has 0 spiro atoms. The fourth-order valence-electron chi connectivity index (χ4n) is 4.73. The van der Waals surface area contributed by atoms with Crippen LogP contribution in [0.25, 0.3) is 22.3 Å². The largest absolute Gasteiger partial charge is 0.344 e. The maximum atomic E-state index is 11.6. The number of nitrogens with zero attached hydrogens (tertiary/aromatic N) is 5. The molecule has 258 valence electrons. The molecular weight excluding hydrogens is 738 g/mol.